The van der Waals surface area contributed by atoms with E-state index in [1.54, 1.807) is 18.3 Å². The molecule has 2 aromatic rings. The van der Waals surface area contributed by atoms with Gasteiger partial charge < -0.3 is 5.32 Å². The topological polar surface area (TPSA) is 42.0 Å². The first kappa shape index (κ1) is 14.7. The number of amides is 1. The van der Waals surface area contributed by atoms with Crippen LogP contribution < -0.4 is 5.32 Å². The fraction of sp³-hybridized carbons (Fsp3) is 0.333. The van der Waals surface area contributed by atoms with Crippen molar-refractivity contribution in [2.24, 2.45) is 5.92 Å². The number of hydrogen-bond acceptors (Lipinski definition) is 2. The molecule has 114 valence electrons. The van der Waals surface area contributed by atoms with Crippen molar-refractivity contribution < 1.29 is 9.18 Å². The van der Waals surface area contributed by atoms with Crippen molar-refractivity contribution in [3.8, 4) is 0 Å². The molecular formula is C18H19FN2O. The van der Waals surface area contributed by atoms with Crippen molar-refractivity contribution in [3.05, 3.63) is 65.7 Å². The van der Waals surface area contributed by atoms with Crippen LogP contribution in [0.25, 0.3) is 0 Å². The zero-order valence-corrected chi connectivity index (χ0v) is 12.3. The first-order chi connectivity index (χ1) is 10.7. The Bertz CT molecular complexity index is 623. The van der Waals surface area contributed by atoms with Gasteiger partial charge in [-0.2, -0.15) is 0 Å². The summed E-state index contributed by atoms with van der Waals surface area (Å²) in [5.74, 6) is 0.212. The minimum absolute atomic E-state index is 0.118. The summed E-state index contributed by atoms with van der Waals surface area (Å²) in [5, 5.41) is 3.02. The standard InChI is InChI=1S/C18H19FN2O/c19-17-7-5-14(6-8-17)16(10-13-2-1-9-20-11-13)12-21-18(22)15-3-4-15/h1-2,5-9,11,15-16H,3-4,10,12H2,(H,21,22). The molecule has 1 aromatic carbocycles. The number of aromatic nitrogens is 1. The fourth-order valence-electron chi connectivity index (χ4n) is 2.56. The van der Waals surface area contributed by atoms with Crippen molar-refractivity contribution in [2.75, 3.05) is 6.54 Å². The van der Waals surface area contributed by atoms with E-state index in [0.717, 1.165) is 30.4 Å². The highest BCUT2D eigenvalue weighted by Gasteiger charge is 2.29. The molecule has 1 unspecified atom stereocenters. The smallest absolute Gasteiger partial charge is 0.223 e. The van der Waals surface area contributed by atoms with Crippen molar-refractivity contribution in [3.63, 3.8) is 0 Å². The van der Waals surface area contributed by atoms with Crippen LogP contribution in [0.1, 0.15) is 29.9 Å². The number of carbonyl (C=O) groups is 1. The van der Waals surface area contributed by atoms with Crippen LogP contribution >= 0.6 is 0 Å². The number of nitrogens with zero attached hydrogens (tertiary/aromatic N) is 1. The predicted octanol–water partition coefficient (Wildman–Crippen LogP) is 3.07. The van der Waals surface area contributed by atoms with Crippen molar-refractivity contribution >= 4 is 5.91 Å². The predicted molar refractivity (Wildman–Crippen MR) is 82.8 cm³/mol. The lowest BCUT2D eigenvalue weighted by Gasteiger charge is -2.18. The van der Waals surface area contributed by atoms with Crippen molar-refractivity contribution in [1.29, 1.82) is 0 Å². The molecule has 1 fully saturated rings. The SMILES string of the molecule is O=C(NCC(Cc1cccnc1)c1ccc(F)cc1)C1CC1. The second-order valence-corrected chi connectivity index (χ2v) is 5.83. The maximum atomic E-state index is 13.1. The van der Waals surface area contributed by atoms with Crippen LogP contribution in [0.5, 0.6) is 0 Å². The summed E-state index contributed by atoms with van der Waals surface area (Å²) >= 11 is 0. The number of pyridine rings is 1. The molecule has 22 heavy (non-hydrogen) atoms. The summed E-state index contributed by atoms with van der Waals surface area (Å²) < 4.78 is 13.1. The van der Waals surface area contributed by atoms with Gasteiger partial charge in [-0.1, -0.05) is 18.2 Å². The summed E-state index contributed by atoms with van der Waals surface area (Å²) in [6.07, 6.45) is 6.33. The zero-order chi connectivity index (χ0) is 15.4. The van der Waals surface area contributed by atoms with Gasteiger partial charge in [0.1, 0.15) is 5.82 Å². The van der Waals surface area contributed by atoms with E-state index in [-0.39, 0.29) is 23.6 Å². The monoisotopic (exact) mass is 298 g/mol. The van der Waals surface area contributed by atoms with Crippen LogP contribution in [0.2, 0.25) is 0 Å². The minimum Gasteiger partial charge on any atom is -0.355 e. The number of hydrogen-bond donors (Lipinski definition) is 1. The molecule has 0 bridgehead atoms. The number of rotatable bonds is 6. The second kappa shape index (κ2) is 6.69. The Kier molecular flexibility index (Phi) is 4.47. The average Bonchev–Trinajstić information content (AvgIpc) is 3.38. The molecule has 1 aliphatic rings. The number of carbonyl (C=O) groups excluding carboxylic acids is 1. The molecule has 4 heteroatoms. The molecule has 1 N–H and O–H groups in total. The van der Waals surface area contributed by atoms with Crippen LogP contribution in [-0.4, -0.2) is 17.4 Å². The van der Waals surface area contributed by atoms with Gasteiger partial charge in [0, 0.05) is 30.8 Å². The molecule has 0 aliphatic heterocycles. The van der Waals surface area contributed by atoms with Crippen LogP contribution in [0, 0.1) is 11.7 Å². The Hall–Kier alpha value is -2.23. The highest BCUT2D eigenvalue weighted by Crippen LogP contribution is 2.29. The van der Waals surface area contributed by atoms with Gasteiger partial charge in [0.05, 0.1) is 0 Å². The molecule has 3 nitrogen and oxygen atoms in total. The molecule has 0 radical (unpaired) electrons. The molecule has 3 rings (SSSR count). The fourth-order valence-corrected chi connectivity index (χ4v) is 2.56. The van der Waals surface area contributed by atoms with E-state index in [1.165, 1.54) is 12.1 Å². The number of benzene rings is 1. The van der Waals surface area contributed by atoms with Crippen LogP contribution in [0.3, 0.4) is 0 Å². The molecule has 1 heterocycles. The van der Waals surface area contributed by atoms with Gasteiger partial charge in [0.15, 0.2) is 0 Å². The first-order valence-corrected chi connectivity index (χ1v) is 7.64. The van der Waals surface area contributed by atoms with E-state index in [2.05, 4.69) is 10.3 Å². The number of halogens is 1. The van der Waals surface area contributed by atoms with Gasteiger partial charge in [-0.05, 0) is 48.6 Å². The van der Waals surface area contributed by atoms with E-state index in [9.17, 15) is 9.18 Å². The lowest BCUT2D eigenvalue weighted by atomic mass is 9.92. The summed E-state index contributed by atoms with van der Waals surface area (Å²) in [7, 11) is 0. The zero-order valence-electron chi connectivity index (χ0n) is 12.3. The molecule has 1 atom stereocenters. The minimum atomic E-state index is -0.245. The van der Waals surface area contributed by atoms with Crippen LogP contribution in [-0.2, 0) is 11.2 Å². The highest BCUT2D eigenvalue weighted by molar-refractivity contribution is 5.80. The van der Waals surface area contributed by atoms with E-state index >= 15 is 0 Å². The van der Waals surface area contributed by atoms with Gasteiger partial charge in [-0.25, -0.2) is 4.39 Å². The maximum absolute atomic E-state index is 13.1. The Morgan fingerprint density at radius 2 is 2.05 bits per heavy atom. The normalized spacial score (nSPS) is 15.3. The van der Waals surface area contributed by atoms with E-state index in [4.69, 9.17) is 0 Å². The summed E-state index contributed by atoms with van der Waals surface area (Å²) in [6, 6.07) is 10.4. The third-order valence-electron chi connectivity index (χ3n) is 4.02. The van der Waals surface area contributed by atoms with E-state index in [0.29, 0.717) is 6.54 Å². The summed E-state index contributed by atoms with van der Waals surface area (Å²) in [5.41, 5.74) is 2.14. The Morgan fingerprint density at radius 3 is 2.68 bits per heavy atom. The van der Waals surface area contributed by atoms with Gasteiger partial charge in [-0.15, -0.1) is 0 Å². The van der Waals surface area contributed by atoms with E-state index in [1.807, 2.05) is 18.3 Å². The molecule has 0 saturated heterocycles. The molecule has 0 spiro atoms. The lowest BCUT2D eigenvalue weighted by molar-refractivity contribution is -0.122. The molecule has 1 aliphatic carbocycles. The summed E-state index contributed by atoms with van der Waals surface area (Å²) in [4.78, 5) is 16.0. The van der Waals surface area contributed by atoms with Crippen molar-refractivity contribution in [2.45, 2.75) is 25.2 Å². The summed E-state index contributed by atoms with van der Waals surface area (Å²) in [6.45, 7) is 0.565. The third kappa shape index (κ3) is 3.91. The molecular weight excluding hydrogens is 279 g/mol. The Balaban J connectivity index is 1.71. The van der Waals surface area contributed by atoms with Crippen molar-refractivity contribution in [1.82, 2.24) is 10.3 Å². The maximum Gasteiger partial charge on any atom is 0.223 e. The Morgan fingerprint density at radius 1 is 1.27 bits per heavy atom. The lowest BCUT2D eigenvalue weighted by Crippen LogP contribution is -2.30. The highest BCUT2D eigenvalue weighted by atomic mass is 19.1. The molecule has 1 aromatic heterocycles. The first-order valence-electron chi connectivity index (χ1n) is 7.64. The number of nitrogens with one attached hydrogen (secondary N) is 1. The molecule has 1 amide bonds. The Labute approximate surface area is 129 Å². The second-order valence-electron chi connectivity index (χ2n) is 5.83. The van der Waals surface area contributed by atoms with Crippen LogP contribution in [0.4, 0.5) is 4.39 Å². The van der Waals surface area contributed by atoms with Gasteiger partial charge >= 0.3 is 0 Å². The van der Waals surface area contributed by atoms with Gasteiger partial charge in [0.2, 0.25) is 5.91 Å². The van der Waals surface area contributed by atoms with Gasteiger partial charge in [0.25, 0.3) is 0 Å². The largest absolute Gasteiger partial charge is 0.355 e. The molecule has 1 saturated carbocycles. The van der Waals surface area contributed by atoms with Gasteiger partial charge in [-0.3, -0.25) is 9.78 Å². The quantitative estimate of drug-likeness (QED) is 0.890. The van der Waals surface area contributed by atoms with Crippen LogP contribution in [0.15, 0.2) is 48.8 Å². The third-order valence-corrected chi connectivity index (χ3v) is 4.02. The van der Waals surface area contributed by atoms with E-state index < -0.39 is 0 Å². The average molecular weight is 298 g/mol.